The number of hydrogen-bond donors (Lipinski definition) is 0. The normalized spacial score (nSPS) is 11.6. The molecule has 0 fully saturated rings. The highest BCUT2D eigenvalue weighted by molar-refractivity contribution is 8.13. The SMILES string of the molecule is O=[N+]([O-])c1cc(S(=O)(=O)Cl)c(OC(F)F)cc1Cl. The maximum atomic E-state index is 12.0. The number of rotatable bonds is 4. The first kappa shape index (κ1) is 14.9. The fourth-order valence-electron chi connectivity index (χ4n) is 1.04. The maximum Gasteiger partial charge on any atom is 0.387 e. The summed E-state index contributed by atoms with van der Waals surface area (Å²) in [5.74, 6) is -0.865. The molecule has 1 aromatic carbocycles. The smallest absolute Gasteiger partial charge is 0.387 e. The number of ether oxygens (including phenoxy) is 1. The summed E-state index contributed by atoms with van der Waals surface area (Å²) < 4.78 is 50.2. The molecule has 0 spiro atoms. The van der Waals surface area contributed by atoms with Crippen molar-refractivity contribution >= 4 is 37.0 Å². The summed E-state index contributed by atoms with van der Waals surface area (Å²) in [5.41, 5.74) is -0.794. The van der Waals surface area contributed by atoms with Crippen LogP contribution in [0.15, 0.2) is 17.0 Å². The molecular weight excluding hydrogens is 319 g/mol. The first-order valence-electron chi connectivity index (χ1n) is 4.00. The zero-order valence-electron chi connectivity index (χ0n) is 8.14. The van der Waals surface area contributed by atoms with E-state index >= 15 is 0 Å². The fraction of sp³-hybridized carbons (Fsp3) is 0.143. The lowest BCUT2D eigenvalue weighted by atomic mass is 10.3. The molecule has 1 aromatic rings. The Balaban J connectivity index is 3.52. The third kappa shape index (κ3) is 3.40. The van der Waals surface area contributed by atoms with E-state index in [9.17, 15) is 27.3 Å². The van der Waals surface area contributed by atoms with E-state index in [1.165, 1.54) is 0 Å². The molecule has 0 saturated heterocycles. The third-order valence-corrected chi connectivity index (χ3v) is 3.33. The molecule has 0 saturated carbocycles. The minimum absolute atomic E-state index is 0.447. The molecular formula is C7H3Cl2F2NO5S. The number of hydrogen-bond acceptors (Lipinski definition) is 5. The predicted octanol–water partition coefficient (Wildman–Crippen LogP) is 2.78. The number of halogens is 4. The Morgan fingerprint density at radius 1 is 1.39 bits per heavy atom. The monoisotopic (exact) mass is 321 g/mol. The molecule has 6 nitrogen and oxygen atoms in total. The van der Waals surface area contributed by atoms with Gasteiger partial charge in [-0.3, -0.25) is 10.1 Å². The van der Waals surface area contributed by atoms with Gasteiger partial charge in [0.2, 0.25) is 0 Å². The van der Waals surface area contributed by atoms with E-state index in [2.05, 4.69) is 4.74 Å². The second-order valence-corrected chi connectivity index (χ2v) is 5.77. The fourth-order valence-corrected chi connectivity index (χ4v) is 2.23. The van der Waals surface area contributed by atoms with E-state index < -0.39 is 41.9 Å². The van der Waals surface area contributed by atoms with Gasteiger partial charge in [0.25, 0.3) is 14.7 Å². The van der Waals surface area contributed by atoms with E-state index in [0.717, 1.165) is 0 Å². The Bertz CT molecular complexity index is 592. The Morgan fingerprint density at radius 2 is 1.94 bits per heavy atom. The molecule has 18 heavy (non-hydrogen) atoms. The number of nitro groups is 1. The Morgan fingerprint density at radius 3 is 2.33 bits per heavy atom. The van der Waals surface area contributed by atoms with Crippen molar-refractivity contribution < 1.29 is 26.9 Å². The van der Waals surface area contributed by atoms with Crippen molar-refractivity contribution in [2.75, 3.05) is 0 Å². The van der Waals surface area contributed by atoms with E-state index in [-0.39, 0.29) is 0 Å². The zero-order chi connectivity index (χ0) is 14.1. The summed E-state index contributed by atoms with van der Waals surface area (Å²) in [6, 6.07) is 1.03. The lowest BCUT2D eigenvalue weighted by Gasteiger charge is -2.08. The lowest BCUT2D eigenvalue weighted by molar-refractivity contribution is -0.385. The van der Waals surface area contributed by atoms with Crippen LogP contribution in [-0.2, 0) is 9.05 Å². The first-order valence-corrected chi connectivity index (χ1v) is 6.69. The summed E-state index contributed by atoms with van der Waals surface area (Å²) in [4.78, 5) is 8.58. The second kappa shape index (κ2) is 5.21. The van der Waals surface area contributed by atoms with Crippen molar-refractivity contribution in [3.8, 4) is 5.75 Å². The van der Waals surface area contributed by atoms with E-state index in [1.807, 2.05) is 0 Å². The van der Waals surface area contributed by atoms with Gasteiger partial charge in [-0.05, 0) is 0 Å². The summed E-state index contributed by atoms with van der Waals surface area (Å²) >= 11 is 5.43. The molecule has 0 N–H and O–H groups in total. The van der Waals surface area contributed by atoms with Crippen LogP contribution in [0.4, 0.5) is 14.5 Å². The molecule has 0 bridgehead atoms. The molecule has 0 radical (unpaired) electrons. The van der Waals surface area contributed by atoms with Crippen LogP contribution in [0.2, 0.25) is 5.02 Å². The van der Waals surface area contributed by atoms with Crippen molar-refractivity contribution in [1.29, 1.82) is 0 Å². The van der Waals surface area contributed by atoms with Gasteiger partial charge in [-0.2, -0.15) is 8.78 Å². The van der Waals surface area contributed by atoms with Gasteiger partial charge >= 0.3 is 6.61 Å². The topological polar surface area (TPSA) is 86.5 Å². The van der Waals surface area contributed by atoms with Crippen LogP contribution in [0.1, 0.15) is 0 Å². The minimum atomic E-state index is -4.50. The average molecular weight is 322 g/mol. The Kier molecular flexibility index (Phi) is 4.30. The van der Waals surface area contributed by atoms with Crippen LogP contribution in [-0.4, -0.2) is 20.0 Å². The molecule has 0 aliphatic heterocycles. The van der Waals surface area contributed by atoms with Gasteiger partial charge in [-0.1, -0.05) is 11.6 Å². The van der Waals surface area contributed by atoms with Crippen LogP contribution in [0.25, 0.3) is 0 Å². The van der Waals surface area contributed by atoms with Gasteiger partial charge in [-0.15, -0.1) is 0 Å². The molecule has 11 heteroatoms. The van der Waals surface area contributed by atoms with Crippen molar-refractivity contribution in [2.45, 2.75) is 11.5 Å². The van der Waals surface area contributed by atoms with Gasteiger partial charge in [0, 0.05) is 22.8 Å². The van der Waals surface area contributed by atoms with Gasteiger partial charge in [-0.25, -0.2) is 8.42 Å². The number of nitro benzene ring substituents is 1. The van der Waals surface area contributed by atoms with Crippen molar-refractivity contribution in [2.24, 2.45) is 0 Å². The molecule has 0 aromatic heterocycles. The van der Waals surface area contributed by atoms with E-state index in [1.54, 1.807) is 0 Å². The summed E-state index contributed by atoms with van der Waals surface area (Å²) in [6.07, 6.45) is 0. The molecule has 1 rings (SSSR count). The molecule has 0 heterocycles. The summed E-state index contributed by atoms with van der Waals surface area (Å²) in [7, 11) is 0.457. The van der Waals surface area contributed by atoms with Gasteiger partial charge in [0.15, 0.2) is 0 Å². The Labute approximate surface area is 109 Å². The van der Waals surface area contributed by atoms with Crippen molar-refractivity contribution in [1.82, 2.24) is 0 Å². The highest BCUT2D eigenvalue weighted by atomic mass is 35.7. The van der Waals surface area contributed by atoms with Crippen LogP contribution in [0, 0.1) is 10.1 Å². The first-order chi connectivity index (χ1) is 8.12. The molecule has 0 aliphatic rings. The lowest BCUT2D eigenvalue weighted by Crippen LogP contribution is -2.06. The molecule has 100 valence electrons. The highest BCUT2D eigenvalue weighted by Crippen LogP contribution is 2.37. The molecule has 0 atom stereocenters. The third-order valence-electron chi connectivity index (χ3n) is 1.69. The largest absolute Gasteiger partial charge is 0.433 e. The number of alkyl halides is 2. The number of nitrogens with zero attached hydrogens (tertiary/aromatic N) is 1. The van der Waals surface area contributed by atoms with Crippen molar-refractivity contribution in [3.05, 3.63) is 27.3 Å². The van der Waals surface area contributed by atoms with E-state index in [4.69, 9.17) is 22.3 Å². The highest BCUT2D eigenvalue weighted by Gasteiger charge is 2.26. The van der Waals surface area contributed by atoms with Crippen LogP contribution >= 0.6 is 22.3 Å². The van der Waals surface area contributed by atoms with Crippen LogP contribution < -0.4 is 4.74 Å². The van der Waals surface area contributed by atoms with Gasteiger partial charge < -0.3 is 4.74 Å². The second-order valence-electron chi connectivity index (χ2n) is 2.82. The Hall–Kier alpha value is -1.19. The van der Waals surface area contributed by atoms with Gasteiger partial charge in [0.05, 0.1) is 4.92 Å². The maximum absolute atomic E-state index is 12.0. The summed E-state index contributed by atoms with van der Waals surface area (Å²) in [6.45, 7) is -3.33. The van der Waals surface area contributed by atoms with Crippen LogP contribution in [0.3, 0.4) is 0 Å². The predicted molar refractivity (Wildman–Crippen MR) is 57.8 cm³/mol. The number of benzene rings is 1. The summed E-state index contributed by atoms with van der Waals surface area (Å²) in [5, 5.41) is 9.97. The zero-order valence-corrected chi connectivity index (χ0v) is 10.5. The van der Waals surface area contributed by atoms with Crippen LogP contribution in [0.5, 0.6) is 5.75 Å². The average Bonchev–Trinajstić information content (AvgIpc) is 2.13. The molecule has 0 amide bonds. The van der Waals surface area contributed by atoms with Crippen molar-refractivity contribution in [3.63, 3.8) is 0 Å². The molecule has 0 aliphatic carbocycles. The molecule has 0 unspecified atom stereocenters. The quantitative estimate of drug-likeness (QED) is 0.483. The standard InChI is InChI=1S/C7H3Cl2F2NO5S/c8-3-1-5(17-7(10)11)6(18(9,15)16)2-4(3)12(13)14/h1-2,7H. The minimum Gasteiger partial charge on any atom is -0.433 e. The van der Waals surface area contributed by atoms with Gasteiger partial charge in [0.1, 0.15) is 15.7 Å². The van der Waals surface area contributed by atoms with E-state index in [0.29, 0.717) is 12.1 Å².